The highest BCUT2D eigenvalue weighted by Gasteiger charge is 2.28. The quantitative estimate of drug-likeness (QED) is 0.800. The van der Waals surface area contributed by atoms with Gasteiger partial charge in [0, 0.05) is 5.54 Å². The molecule has 0 aliphatic heterocycles. The molecule has 0 heterocycles. The first-order chi connectivity index (χ1) is 6.79. The topological polar surface area (TPSA) is 35.2 Å². The van der Waals surface area contributed by atoms with Crippen LogP contribution in [0, 0.1) is 11.6 Å². The molecular formula is C10H12ClF2NO. The van der Waals surface area contributed by atoms with Crippen LogP contribution in [-0.2, 0) is 5.54 Å². The molecule has 0 aliphatic carbocycles. The summed E-state index contributed by atoms with van der Waals surface area (Å²) in [7, 11) is 1.25. The minimum Gasteiger partial charge on any atom is -0.493 e. The molecule has 0 amide bonds. The van der Waals surface area contributed by atoms with E-state index >= 15 is 0 Å². The zero-order valence-corrected chi connectivity index (χ0v) is 9.45. The van der Waals surface area contributed by atoms with Crippen LogP contribution in [0.15, 0.2) is 6.07 Å². The average Bonchev–Trinajstić information content (AvgIpc) is 2.08. The number of methoxy groups -OCH3 is 1. The highest BCUT2D eigenvalue weighted by atomic mass is 35.5. The van der Waals surface area contributed by atoms with Crippen LogP contribution in [0.5, 0.6) is 5.75 Å². The second kappa shape index (κ2) is 3.94. The monoisotopic (exact) mass is 235 g/mol. The summed E-state index contributed by atoms with van der Waals surface area (Å²) in [5.41, 5.74) is 4.60. The van der Waals surface area contributed by atoms with Gasteiger partial charge in [-0.1, -0.05) is 11.6 Å². The molecule has 0 radical (unpaired) electrons. The third-order valence-corrected chi connectivity index (χ3v) is 2.25. The smallest absolute Gasteiger partial charge is 0.167 e. The van der Waals surface area contributed by atoms with E-state index in [1.165, 1.54) is 7.11 Å². The second-order valence-corrected chi connectivity index (χ2v) is 4.19. The molecule has 0 atom stereocenters. The first kappa shape index (κ1) is 12.2. The molecule has 0 aromatic heterocycles. The molecule has 5 heteroatoms. The Hall–Kier alpha value is -0.870. The van der Waals surface area contributed by atoms with Crippen LogP contribution in [-0.4, -0.2) is 7.11 Å². The van der Waals surface area contributed by atoms with Crippen LogP contribution in [0.1, 0.15) is 19.4 Å². The third-order valence-electron chi connectivity index (χ3n) is 1.98. The van der Waals surface area contributed by atoms with Gasteiger partial charge in [0.2, 0.25) is 0 Å². The van der Waals surface area contributed by atoms with Gasteiger partial charge in [0.15, 0.2) is 17.4 Å². The molecule has 0 saturated heterocycles. The first-order valence-electron chi connectivity index (χ1n) is 4.30. The van der Waals surface area contributed by atoms with Gasteiger partial charge in [-0.15, -0.1) is 0 Å². The van der Waals surface area contributed by atoms with Crippen molar-refractivity contribution in [3.05, 3.63) is 28.3 Å². The van der Waals surface area contributed by atoms with Crippen molar-refractivity contribution in [2.45, 2.75) is 19.4 Å². The molecule has 2 nitrogen and oxygen atoms in total. The molecular weight excluding hydrogens is 224 g/mol. The zero-order chi connectivity index (χ0) is 11.8. The Kier molecular flexibility index (Phi) is 3.21. The van der Waals surface area contributed by atoms with Crippen LogP contribution >= 0.6 is 11.6 Å². The van der Waals surface area contributed by atoms with Crippen molar-refractivity contribution in [3.63, 3.8) is 0 Å². The normalized spacial score (nSPS) is 11.7. The summed E-state index contributed by atoms with van der Waals surface area (Å²) in [5.74, 6) is -1.68. The predicted octanol–water partition coefficient (Wildman–Crippen LogP) is 2.82. The van der Waals surface area contributed by atoms with Crippen LogP contribution < -0.4 is 10.5 Å². The van der Waals surface area contributed by atoms with Gasteiger partial charge in [0.05, 0.1) is 17.7 Å². The van der Waals surface area contributed by atoms with Crippen molar-refractivity contribution in [2.75, 3.05) is 7.11 Å². The van der Waals surface area contributed by atoms with Crippen molar-refractivity contribution in [1.29, 1.82) is 0 Å². The Balaban J connectivity index is 3.59. The van der Waals surface area contributed by atoms with Crippen molar-refractivity contribution >= 4 is 11.6 Å². The fraction of sp³-hybridized carbons (Fsp3) is 0.400. The predicted molar refractivity (Wildman–Crippen MR) is 55.1 cm³/mol. The Morgan fingerprint density at radius 1 is 1.40 bits per heavy atom. The van der Waals surface area contributed by atoms with Crippen molar-refractivity contribution in [1.82, 2.24) is 0 Å². The maximum Gasteiger partial charge on any atom is 0.167 e. The third kappa shape index (κ3) is 2.21. The molecule has 1 aromatic rings. The second-order valence-electron chi connectivity index (χ2n) is 3.78. The molecule has 0 saturated carbocycles. The van der Waals surface area contributed by atoms with Gasteiger partial charge in [-0.05, 0) is 19.9 Å². The van der Waals surface area contributed by atoms with Crippen LogP contribution in [0.2, 0.25) is 5.02 Å². The Bertz CT molecular complexity index is 388. The van der Waals surface area contributed by atoms with Crippen molar-refractivity contribution in [3.8, 4) is 5.75 Å². The molecule has 0 unspecified atom stereocenters. The molecule has 84 valence electrons. The van der Waals surface area contributed by atoms with E-state index in [4.69, 9.17) is 22.1 Å². The Labute approximate surface area is 92.0 Å². The lowest BCUT2D eigenvalue weighted by molar-refractivity contribution is 0.359. The van der Waals surface area contributed by atoms with Gasteiger partial charge < -0.3 is 10.5 Å². The number of nitrogens with two attached hydrogens (primary N) is 1. The zero-order valence-electron chi connectivity index (χ0n) is 8.70. The molecule has 1 aromatic carbocycles. The van der Waals surface area contributed by atoms with Gasteiger partial charge >= 0.3 is 0 Å². The average molecular weight is 236 g/mol. The van der Waals surface area contributed by atoms with Crippen LogP contribution in [0.25, 0.3) is 0 Å². The van der Waals surface area contributed by atoms with Gasteiger partial charge in [-0.2, -0.15) is 0 Å². The van der Waals surface area contributed by atoms with E-state index in [0.717, 1.165) is 6.07 Å². The Morgan fingerprint density at radius 3 is 2.33 bits per heavy atom. The van der Waals surface area contributed by atoms with Crippen LogP contribution in [0.4, 0.5) is 8.78 Å². The molecule has 1 rings (SSSR count). The summed E-state index contributed by atoms with van der Waals surface area (Å²) in [4.78, 5) is 0. The highest BCUT2D eigenvalue weighted by molar-refractivity contribution is 6.30. The van der Waals surface area contributed by atoms with E-state index in [2.05, 4.69) is 0 Å². The maximum absolute atomic E-state index is 13.7. The number of benzene rings is 1. The lowest BCUT2D eigenvalue weighted by atomic mass is 9.94. The number of hydrogen-bond acceptors (Lipinski definition) is 2. The number of ether oxygens (including phenoxy) is 1. The van der Waals surface area contributed by atoms with Gasteiger partial charge in [0.1, 0.15) is 0 Å². The molecule has 0 fully saturated rings. The molecule has 2 N–H and O–H groups in total. The van der Waals surface area contributed by atoms with Crippen molar-refractivity contribution < 1.29 is 13.5 Å². The van der Waals surface area contributed by atoms with E-state index in [0.29, 0.717) is 0 Å². The highest BCUT2D eigenvalue weighted by Crippen LogP contribution is 2.36. The van der Waals surface area contributed by atoms with E-state index in [1.807, 2.05) is 0 Å². The number of rotatable bonds is 2. The molecule has 0 aliphatic rings. The standard InChI is InChI=1S/C10H12ClF2NO/c1-10(2,14)7-8(13)5(11)4-6(12)9(7)15-3/h4H,14H2,1-3H3. The summed E-state index contributed by atoms with van der Waals surface area (Å²) in [5, 5.41) is -0.304. The number of halogens is 3. The molecule has 0 bridgehead atoms. The molecule has 15 heavy (non-hydrogen) atoms. The van der Waals surface area contributed by atoms with E-state index < -0.39 is 17.2 Å². The first-order valence-corrected chi connectivity index (χ1v) is 4.67. The largest absolute Gasteiger partial charge is 0.493 e. The van der Waals surface area contributed by atoms with E-state index in [9.17, 15) is 8.78 Å². The fourth-order valence-corrected chi connectivity index (χ4v) is 1.54. The van der Waals surface area contributed by atoms with Crippen LogP contribution in [0.3, 0.4) is 0 Å². The maximum atomic E-state index is 13.7. The number of hydrogen-bond donors (Lipinski definition) is 1. The van der Waals surface area contributed by atoms with Gasteiger partial charge in [-0.3, -0.25) is 0 Å². The summed E-state index contributed by atoms with van der Waals surface area (Å²) >= 11 is 5.53. The minimum atomic E-state index is -1.07. The SMILES string of the molecule is COc1c(F)cc(Cl)c(F)c1C(C)(C)N. The minimum absolute atomic E-state index is 0.0602. The Morgan fingerprint density at radius 2 is 1.93 bits per heavy atom. The summed E-state index contributed by atoms with van der Waals surface area (Å²) in [6, 6.07) is 0.866. The van der Waals surface area contributed by atoms with E-state index in [-0.39, 0.29) is 16.3 Å². The summed E-state index contributed by atoms with van der Waals surface area (Å²) in [6.45, 7) is 3.09. The fourth-order valence-electron chi connectivity index (χ4n) is 1.35. The summed E-state index contributed by atoms with van der Waals surface area (Å²) < 4.78 is 31.8. The van der Waals surface area contributed by atoms with Gasteiger partial charge in [0.25, 0.3) is 0 Å². The van der Waals surface area contributed by atoms with E-state index in [1.54, 1.807) is 13.8 Å². The van der Waals surface area contributed by atoms with Gasteiger partial charge in [-0.25, -0.2) is 8.78 Å². The lowest BCUT2D eigenvalue weighted by Gasteiger charge is -2.23. The lowest BCUT2D eigenvalue weighted by Crippen LogP contribution is -2.31. The molecule has 0 spiro atoms. The summed E-state index contributed by atoms with van der Waals surface area (Å²) in [6.07, 6.45) is 0. The van der Waals surface area contributed by atoms with Crippen molar-refractivity contribution in [2.24, 2.45) is 5.73 Å².